The van der Waals surface area contributed by atoms with Crippen LogP contribution in [0.2, 0.25) is 0 Å². The Labute approximate surface area is 76.2 Å². The molecule has 13 heavy (non-hydrogen) atoms. The molecule has 0 aromatic heterocycles. The van der Waals surface area contributed by atoms with Crippen molar-refractivity contribution < 1.29 is 9.59 Å². The average Bonchev–Trinajstić information content (AvgIpc) is 2.04. The van der Waals surface area contributed by atoms with Crippen molar-refractivity contribution in [3.05, 3.63) is 0 Å². The number of rotatable bonds is 1. The topological polar surface area (TPSA) is 101 Å². The Hall–Kier alpha value is -1.30. The highest BCUT2D eigenvalue weighted by Crippen LogP contribution is 2.15. The van der Waals surface area contributed by atoms with E-state index < -0.39 is 17.5 Å². The number of nitrogens with one attached hydrogen (secondary N) is 1. The molecule has 1 aliphatic heterocycles. The average molecular weight is 186 g/mol. The maximum absolute atomic E-state index is 11.1. The van der Waals surface area contributed by atoms with Crippen molar-refractivity contribution in [1.29, 1.82) is 0 Å². The van der Waals surface area contributed by atoms with Crippen LogP contribution in [0, 0.1) is 0 Å². The van der Waals surface area contributed by atoms with E-state index in [9.17, 15) is 9.59 Å². The third-order valence-corrected chi connectivity index (χ3v) is 2.37. The van der Waals surface area contributed by atoms with Crippen LogP contribution in [-0.2, 0) is 4.79 Å². The summed E-state index contributed by atoms with van der Waals surface area (Å²) in [5, 5.41) is 2.99. The molecule has 3 amide bonds. The number of carbonyl (C=O) groups excluding carboxylic acids is 2. The van der Waals surface area contributed by atoms with Crippen molar-refractivity contribution in [3.63, 3.8) is 0 Å². The minimum Gasteiger partial charge on any atom is -0.368 e. The van der Waals surface area contributed by atoms with Gasteiger partial charge in [-0.05, 0) is 6.92 Å². The molecule has 6 nitrogen and oxygen atoms in total. The van der Waals surface area contributed by atoms with Crippen molar-refractivity contribution in [3.8, 4) is 0 Å². The first-order valence-corrected chi connectivity index (χ1v) is 4.06. The number of carbonyl (C=O) groups is 2. The molecule has 0 aromatic carbocycles. The summed E-state index contributed by atoms with van der Waals surface area (Å²) in [5.41, 5.74) is 9.34. The molecule has 5 N–H and O–H groups in total. The second-order valence-corrected chi connectivity index (χ2v) is 3.30. The molecule has 1 fully saturated rings. The summed E-state index contributed by atoms with van der Waals surface area (Å²) < 4.78 is 0. The number of amides is 3. The van der Waals surface area contributed by atoms with E-state index in [0.29, 0.717) is 19.6 Å². The zero-order valence-corrected chi connectivity index (χ0v) is 7.54. The Morgan fingerprint density at radius 3 is 2.46 bits per heavy atom. The lowest BCUT2D eigenvalue weighted by Crippen LogP contribution is -2.68. The molecule has 1 heterocycles. The lowest BCUT2D eigenvalue weighted by atomic mass is 9.97. The molecule has 0 radical (unpaired) electrons. The third-order valence-electron chi connectivity index (χ3n) is 2.37. The number of nitrogens with zero attached hydrogens (tertiary/aromatic N) is 1. The van der Waals surface area contributed by atoms with Crippen LogP contribution in [0.4, 0.5) is 4.79 Å². The fourth-order valence-electron chi connectivity index (χ4n) is 1.44. The first kappa shape index (κ1) is 9.79. The van der Waals surface area contributed by atoms with Crippen LogP contribution in [0.5, 0.6) is 0 Å². The van der Waals surface area contributed by atoms with Gasteiger partial charge in [0.25, 0.3) is 0 Å². The Morgan fingerprint density at radius 1 is 1.46 bits per heavy atom. The second-order valence-electron chi connectivity index (χ2n) is 3.30. The van der Waals surface area contributed by atoms with Gasteiger partial charge >= 0.3 is 6.03 Å². The Kier molecular flexibility index (Phi) is 2.42. The smallest absolute Gasteiger partial charge is 0.315 e. The largest absolute Gasteiger partial charge is 0.368 e. The maximum Gasteiger partial charge on any atom is 0.315 e. The number of primary amides is 2. The van der Waals surface area contributed by atoms with Crippen molar-refractivity contribution in [1.82, 2.24) is 10.2 Å². The first-order chi connectivity index (χ1) is 5.98. The van der Waals surface area contributed by atoms with Crippen LogP contribution in [-0.4, -0.2) is 42.0 Å². The number of hydrogen-bond acceptors (Lipinski definition) is 3. The van der Waals surface area contributed by atoms with E-state index in [-0.39, 0.29) is 0 Å². The minimum absolute atomic E-state index is 0.352. The Balaban J connectivity index is 2.89. The normalized spacial score (nSPS) is 28.5. The van der Waals surface area contributed by atoms with Gasteiger partial charge in [-0.15, -0.1) is 0 Å². The number of nitrogens with two attached hydrogens (primary N) is 2. The molecule has 0 bridgehead atoms. The maximum atomic E-state index is 11.1. The fraction of sp³-hybridized carbons (Fsp3) is 0.714. The highest BCUT2D eigenvalue weighted by Gasteiger charge is 2.41. The molecule has 1 atom stereocenters. The molecule has 0 aliphatic carbocycles. The molecular formula is C7H14N4O2. The van der Waals surface area contributed by atoms with Gasteiger partial charge in [0.1, 0.15) is 5.54 Å². The molecule has 0 aromatic rings. The summed E-state index contributed by atoms with van der Waals surface area (Å²) in [7, 11) is 0. The molecule has 1 rings (SSSR count). The molecule has 1 unspecified atom stereocenters. The predicted molar refractivity (Wildman–Crippen MR) is 46.8 cm³/mol. The molecule has 74 valence electrons. The molecule has 0 saturated carbocycles. The van der Waals surface area contributed by atoms with E-state index in [1.165, 1.54) is 4.90 Å². The van der Waals surface area contributed by atoms with Gasteiger partial charge in [0.15, 0.2) is 0 Å². The third kappa shape index (κ3) is 1.57. The van der Waals surface area contributed by atoms with Gasteiger partial charge in [-0.2, -0.15) is 0 Å². The van der Waals surface area contributed by atoms with Gasteiger partial charge in [0.05, 0.1) is 0 Å². The number of hydrogen-bond donors (Lipinski definition) is 3. The van der Waals surface area contributed by atoms with Crippen molar-refractivity contribution in [2.24, 2.45) is 11.5 Å². The fourth-order valence-corrected chi connectivity index (χ4v) is 1.44. The quantitative estimate of drug-likeness (QED) is 0.451. The van der Waals surface area contributed by atoms with Gasteiger partial charge in [-0.1, -0.05) is 0 Å². The van der Waals surface area contributed by atoms with Crippen LogP contribution in [0.3, 0.4) is 0 Å². The van der Waals surface area contributed by atoms with Gasteiger partial charge < -0.3 is 21.7 Å². The SMILES string of the molecule is CC1(C(N)=O)CNCCN1C(N)=O. The van der Waals surface area contributed by atoms with Crippen LogP contribution >= 0.6 is 0 Å². The number of urea groups is 1. The van der Waals surface area contributed by atoms with E-state index in [1.54, 1.807) is 6.92 Å². The summed E-state index contributed by atoms with van der Waals surface area (Å²) >= 11 is 0. The Bertz CT molecular complexity index is 243. The van der Waals surface area contributed by atoms with Gasteiger partial charge in [-0.25, -0.2) is 4.79 Å². The standard InChI is InChI=1S/C7H14N4O2/c1-7(5(8)12)4-10-2-3-11(7)6(9)13/h10H,2-4H2,1H3,(H2,8,12)(H2,9,13). The highest BCUT2D eigenvalue weighted by atomic mass is 16.2. The zero-order valence-electron chi connectivity index (χ0n) is 7.54. The first-order valence-electron chi connectivity index (χ1n) is 4.06. The summed E-state index contributed by atoms with van der Waals surface area (Å²) in [6.07, 6.45) is 0. The van der Waals surface area contributed by atoms with Crippen molar-refractivity contribution in [2.75, 3.05) is 19.6 Å². The van der Waals surface area contributed by atoms with Gasteiger partial charge in [0.2, 0.25) is 5.91 Å². The van der Waals surface area contributed by atoms with E-state index >= 15 is 0 Å². The lowest BCUT2D eigenvalue weighted by Gasteiger charge is -2.41. The summed E-state index contributed by atoms with van der Waals surface area (Å²) in [4.78, 5) is 23.4. The molecule has 0 spiro atoms. The summed E-state index contributed by atoms with van der Waals surface area (Å²) in [5.74, 6) is -0.543. The van der Waals surface area contributed by atoms with Crippen LogP contribution in [0.15, 0.2) is 0 Å². The van der Waals surface area contributed by atoms with Crippen molar-refractivity contribution >= 4 is 11.9 Å². The van der Waals surface area contributed by atoms with E-state index in [0.717, 1.165) is 0 Å². The van der Waals surface area contributed by atoms with Crippen molar-refractivity contribution in [2.45, 2.75) is 12.5 Å². The lowest BCUT2D eigenvalue weighted by molar-refractivity contribution is -0.128. The molecule has 1 aliphatic rings. The number of piperazine rings is 1. The highest BCUT2D eigenvalue weighted by molar-refractivity contribution is 5.89. The Morgan fingerprint density at radius 2 is 2.08 bits per heavy atom. The van der Waals surface area contributed by atoms with Crippen LogP contribution in [0.1, 0.15) is 6.92 Å². The van der Waals surface area contributed by atoms with E-state index in [2.05, 4.69) is 5.32 Å². The van der Waals surface area contributed by atoms with Gasteiger partial charge in [-0.3, -0.25) is 4.79 Å². The van der Waals surface area contributed by atoms with E-state index in [4.69, 9.17) is 11.5 Å². The molecular weight excluding hydrogens is 172 g/mol. The minimum atomic E-state index is -0.996. The van der Waals surface area contributed by atoms with E-state index in [1.807, 2.05) is 0 Å². The monoisotopic (exact) mass is 186 g/mol. The summed E-state index contributed by atoms with van der Waals surface area (Å²) in [6.45, 7) is 3.00. The van der Waals surface area contributed by atoms with Gasteiger partial charge in [0, 0.05) is 19.6 Å². The predicted octanol–water partition coefficient (Wildman–Crippen LogP) is -1.79. The zero-order chi connectivity index (χ0) is 10.1. The van der Waals surface area contributed by atoms with Crippen LogP contribution in [0.25, 0.3) is 0 Å². The summed E-state index contributed by atoms with van der Waals surface area (Å²) in [6, 6.07) is -0.609. The molecule has 6 heteroatoms. The second kappa shape index (κ2) is 3.21. The molecule has 1 saturated heterocycles. The van der Waals surface area contributed by atoms with Crippen LogP contribution < -0.4 is 16.8 Å².